The number of benzene rings is 1. The van der Waals surface area contributed by atoms with Gasteiger partial charge in [-0.25, -0.2) is 0 Å². The first-order chi connectivity index (χ1) is 10.6. The number of ether oxygens (including phenoxy) is 1. The second kappa shape index (κ2) is 8.31. The molecule has 0 aliphatic heterocycles. The second-order valence-electron chi connectivity index (χ2n) is 4.89. The van der Waals surface area contributed by atoms with E-state index in [1.165, 1.54) is 0 Å². The minimum atomic E-state index is -0.0848. The molecule has 0 fully saturated rings. The molecule has 0 bridgehead atoms. The van der Waals surface area contributed by atoms with Gasteiger partial charge < -0.3 is 15.4 Å². The maximum absolute atomic E-state index is 12.1. The molecule has 22 heavy (non-hydrogen) atoms. The Morgan fingerprint density at radius 2 is 2.14 bits per heavy atom. The third-order valence-electron chi connectivity index (χ3n) is 3.13. The Morgan fingerprint density at radius 1 is 1.32 bits per heavy atom. The summed E-state index contributed by atoms with van der Waals surface area (Å²) in [5.74, 6) is 0.655. The summed E-state index contributed by atoms with van der Waals surface area (Å²) >= 11 is 5.07. The highest BCUT2D eigenvalue weighted by molar-refractivity contribution is 9.11. The lowest BCUT2D eigenvalue weighted by Crippen LogP contribution is -2.30. The average Bonchev–Trinajstić information content (AvgIpc) is 2.92. The van der Waals surface area contributed by atoms with E-state index in [2.05, 4.69) is 26.6 Å². The minimum absolute atomic E-state index is 0.0848. The highest BCUT2D eigenvalue weighted by Gasteiger charge is 2.09. The highest BCUT2D eigenvalue weighted by Crippen LogP contribution is 2.24. The Morgan fingerprint density at radius 3 is 2.82 bits per heavy atom. The van der Waals surface area contributed by atoms with Crippen LogP contribution in [0.2, 0.25) is 0 Å². The van der Waals surface area contributed by atoms with Gasteiger partial charge in [0.25, 0.3) is 5.91 Å². The highest BCUT2D eigenvalue weighted by atomic mass is 79.9. The molecule has 0 spiro atoms. The molecule has 1 aromatic heterocycles. The number of aryl methyl sites for hydroxylation is 1. The van der Waals surface area contributed by atoms with Crippen molar-refractivity contribution >= 4 is 33.2 Å². The van der Waals surface area contributed by atoms with E-state index in [-0.39, 0.29) is 5.91 Å². The Bertz CT molecular complexity index is 643. The molecule has 0 saturated heterocycles. The van der Waals surface area contributed by atoms with Crippen molar-refractivity contribution in [3.8, 4) is 5.75 Å². The molecule has 2 N–H and O–H groups in total. The summed E-state index contributed by atoms with van der Waals surface area (Å²) in [7, 11) is 1.85. The fourth-order valence-corrected chi connectivity index (χ4v) is 3.08. The third-order valence-corrected chi connectivity index (χ3v) is 4.68. The van der Waals surface area contributed by atoms with E-state index in [9.17, 15) is 4.79 Å². The monoisotopic (exact) mass is 382 g/mol. The number of thiophene rings is 1. The van der Waals surface area contributed by atoms with Crippen LogP contribution in [0.25, 0.3) is 0 Å². The largest absolute Gasteiger partial charge is 0.489 e. The van der Waals surface area contributed by atoms with E-state index in [0.717, 1.165) is 27.2 Å². The third kappa shape index (κ3) is 4.83. The van der Waals surface area contributed by atoms with Gasteiger partial charge in [0, 0.05) is 24.2 Å². The lowest BCUT2D eigenvalue weighted by atomic mass is 10.1. The van der Waals surface area contributed by atoms with E-state index in [1.54, 1.807) is 17.4 Å². The topological polar surface area (TPSA) is 50.4 Å². The van der Waals surface area contributed by atoms with Gasteiger partial charge in [-0.2, -0.15) is 0 Å². The molecular formula is C16H19BrN2O2S. The average molecular weight is 383 g/mol. The molecule has 0 saturated carbocycles. The van der Waals surface area contributed by atoms with Gasteiger partial charge in [-0.05, 0) is 59.0 Å². The van der Waals surface area contributed by atoms with E-state index in [4.69, 9.17) is 4.74 Å². The maximum atomic E-state index is 12.1. The van der Waals surface area contributed by atoms with Crippen molar-refractivity contribution in [3.05, 3.63) is 50.1 Å². The normalized spacial score (nSPS) is 10.5. The van der Waals surface area contributed by atoms with E-state index in [0.29, 0.717) is 18.7 Å². The minimum Gasteiger partial charge on any atom is -0.489 e. The first-order valence-corrected chi connectivity index (χ1v) is 8.66. The predicted molar refractivity (Wildman–Crippen MR) is 93.8 cm³/mol. The van der Waals surface area contributed by atoms with Gasteiger partial charge in [-0.3, -0.25) is 4.79 Å². The molecule has 118 valence electrons. The summed E-state index contributed by atoms with van der Waals surface area (Å²) in [6, 6.07) is 7.56. The summed E-state index contributed by atoms with van der Waals surface area (Å²) in [6.45, 7) is 3.81. The fraction of sp³-hybridized carbons (Fsp3) is 0.312. The van der Waals surface area contributed by atoms with Crippen molar-refractivity contribution in [3.63, 3.8) is 0 Å². The van der Waals surface area contributed by atoms with Crippen LogP contribution in [0.5, 0.6) is 5.75 Å². The predicted octanol–water partition coefficient (Wildman–Crippen LogP) is 3.35. The number of carbonyl (C=O) groups excluding carboxylic acids is 1. The van der Waals surface area contributed by atoms with Crippen LogP contribution in [0, 0.1) is 6.92 Å². The molecular weight excluding hydrogens is 364 g/mol. The zero-order chi connectivity index (χ0) is 15.9. The zero-order valence-electron chi connectivity index (χ0n) is 12.6. The number of halogens is 1. The van der Waals surface area contributed by atoms with Gasteiger partial charge in [0.15, 0.2) is 0 Å². The SMILES string of the molecule is CNCCNC(=O)c1ccc(C)c(OCc2csc(Br)c2)c1. The van der Waals surface area contributed by atoms with E-state index < -0.39 is 0 Å². The summed E-state index contributed by atoms with van der Waals surface area (Å²) in [4.78, 5) is 12.1. The number of likely N-dealkylation sites (N-methyl/N-ethyl adjacent to an activating group) is 1. The van der Waals surface area contributed by atoms with Gasteiger partial charge in [-0.1, -0.05) is 6.07 Å². The van der Waals surface area contributed by atoms with Crippen LogP contribution in [-0.2, 0) is 6.61 Å². The standard InChI is InChI=1S/C16H19BrN2O2S/c1-11-3-4-13(16(20)19-6-5-18-2)8-14(11)21-9-12-7-15(17)22-10-12/h3-4,7-8,10,18H,5-6,9H2,1-2H3,(H,19,20). The summed E-state index contributed by atoms with van der Waals surface area (Å²) < 4.78 is 6.93. The van der Waals surface area contributed by atoms with Crippen molar-refractivity contribution in [1.82, 2.24) is 10.6 Å². The number of nitrogens with one attached hydrogen (secondary N) is 2. The van der Waals surface area contributed by atoms with Gasteiger partial charge in [0.05, 0.1) is 3.79 Å². The van der Waals surface area contributed by atoms with Gasteiger partial charge in [-0.15, -0.1) is 11.3 Å². The van der Waals surface area contributed by atoms with Crippen molar-refractivity contribution < 1.29 is 9.53 Å². The Kier molecular flexibility index (Phi) is 6.42. The molecule has 2 aromatic rings. The van der Waals surface area contributed by atoms with Crippen LogP contribution in [0.1, 0.15) is 21.5 Å². The smallest absolute Gasteiger partial charge is 0.251 e. The van der Waals surface area contributed by atoms with Crippen LogP contribution in [0.3, 0.4) is 0 Å². The molecule has 1 amide bonds. The van der Waals surface area contributed by atoms with Crippen LogP contribution in [0.15, 0.2) is 33.4 Å². The fourth-order valence-electron chi connectivity index (χ4n) is 1.88. The molecule has 0 atom stereocenters. The van der Waals surface area contributed by atoms with Crippen LogP contribution in [-0.4, -0.2) is 26.0 Å². The summed E-state index contributed by atoms with van der Waals surface area (Å²) in [5.41, 5.74) is 2.74. The van der Waals surface area contributed by atoms with Crippen LogP contribution < -0.4 is 15.4 Å². The second-order valence-corrected chi connectivity index (χ2v) is 7.18. The molecule has 4 nitrogen and oxygen atoms in total. The van der Waals surface area contributed by atoms with Crippen molar-refractivity contribution in [2.45, 2.75) is 13.5 Å². The molecule has 0 aliphatic rings. The Labute approximate surface area is 143 Å². The van der Waals surface area contributed by atoms with E-state index >= 15 is 0 Å². The van der Waals surface area contributed by atoms with Crippen molar-refractivity contribution in [2.24, 2.45) is 0 Å². The van der Waals surface area contributed by atoms with E-state index in [1.807, 2.05) is 37.6 Å². The van der Waals surface area contributed by atoms with Crippen molar-refractivity contribution in [1.29, 1.82) is 0 Å². The molecule has 2 rings (SSSR count). The molecule has 6 heteroatoms. The summed E-state index contributed by atoms with van der Waals surface area (Å²) in [6.07, 6.45) is 0. The number of amides is 1. The number of rotatable bonds is 7. The van der Waals surface area contributed by atoms with Gasteiger partial charge in [0.2, 0.25) is 0 Å². The molecule has 1 aromatic carbocycles. The lowest BCUT2D eigenvalue weighted by molar-refractivity contribution is 0.0953. The maximum Gasteiger partial charge on any atom is 0.251 e. The van der Waals surface area contributed by atoms with Gasteiger partial charge in [0.1, 0.15) is 12.4 Å². The molecule has 0 aliphatic carbocycles. The Balaban J connectivity index is 2.01. The number of carbonyl (C=O) groups is 1. The molecule has 1 heterocycles. The number of hydrogen-bond acceptors (Lipinski definition) is 4. The first-order valence-electron chi connectivity index (χ1n) is 6.99. The lowest BCUT2D eigenvalue weighted by Gasteiger charge is -2.11. The summed E-state index contributed by atoms with van der Waals surface area (Å²) in [5, 5.41) is 7.90. The first kappa shape index (κ1) is 17.0. The Hall–Kier alpha value is -1.37. The van der Waals surface area contributed by atoms with Crippen molar-refractivity contribution in [2.75, 3.05) is 20.1 Å². The quantitative estimate of drug-likeness (QED) is 0.721. The number of hydrogen-bond donors (Lipinski definition) is 2. The van der Waals surface area contributed by atoms with Crippen LogP contribution in [0.4, 0.5) is 0 Å². The molecule has 0 unspecified atom stereocenters. The van der Waals surface area contributed by atoms with Crippen LogP contribution >= 0.6 is 27.3 Å². The van der Waals surface area contributed by atoms with Gasteiger partial charge >= 0.3 is 0 Å². The molecule has 0 radical (unpaired) electrons. The zero-order valence-corrected chi connectivity index (χ0v) is 15.0.